The minimum absolute atomic E-state index is 0.0187. The molecular formula is C22H21Cl2NO6. The van der Waals surface area contributed by atoms with Gasteiger partial charge in [0.05, 0.1) is 10.0 Å². The van der Waals surface area contributed by atoms with Gasteiger partial charge in [-0.1, -0.05) is 48.7 Å². The molecule has 2 N–H and O–H groups in total. The lowest BCUT2D eigenvalue weighted by atomic mass is 10.1. The standard InChI is InChI=1S/C22H21Cl2NO6/c1-2-3-16-18(9-8-17(23)20(16)24)30-12-14(26)11-29-15-6-4-13(5-7-15)10-19-21(27)25-22(28)31-19/h4-10,14,26H,2-3,11-12H2,1H3,(H,25,27,28)/b19-10+. The highest BCUT2D eigenvalue weighted by Crippen LogP contribution is 2.34. The van der Waals surface area contributed by atoms with Crippen LogP contribution in [0, 0.1) is 0 Å². The average Bonchev–Trinajstić information content (AvgIpc) is 3.07. The van der Waals surface area contributed by atoms with E-state index >= 15 is 0 Å². The number of halogens is 2. The number of alkyl carbamates (subject to hydrolysis) is 1. The van der Waals surface area contributed by atoms with E-state index in [1.165, 1.54) is 6.08 Å². The van der Waals surface area contributed by atoms with E-state index in [1.807, 2.05) is 12.2 Å². The van der Waals surface area contributed by atoms with Gasteiger partial charge < -0.3 is 19.3 Å². The molecule has 1 unspecified atom stereocenters. The molecule has 3 rings (SSSR count). The maximum Gasteiger partial charge on any atom is 0.419 e. The van der Waals surface area contributed by atoms with Crippen molar-refractivity contribution >= 4 is 41.3 Å². The first-order valence-electron chi connectivity index (χ1n) is 9.62. The third-order valence-corrected chi connectivity index (χ3v) is 5.19. The zero-order valence-corrected chi connectivity index (χ0v) is 18.2. The molecule has 0 aliphatic carbocycles. The van der Waals surface area contributed by atoms with Crippen LogP contribution in [0.3, 0.4) is 0 Å². The highest BCUT2D eigenvalue weighted by atomic mass is 35.5. The number of amides is 2. The molecule has 0 aromatic heterocycles. The van der Waals surface area contributed by atoms with E-state index in [4.69, 9.17) is 37.4 Å². The predicted octanol–water partition coefficient (Wildman–Crippen LogP) is 4.37. The Balaban J connectivity index is 1.52. The first-order valence-corrected chi connectivity index (χ1v) is 10.4. The lowest BCUT2D eigenvalue weighted by Gasteiger charge is -2.17. The van der Waals surface area contributed by atoms with Crippen LogP contribution in [0.15, 0.2) is 42.2 Å². The molecule has 1 aliphatic heterocycles. The number of ether oxygens (including phenoxy) is 3. The normalized spacial score (nSPS) is 15.5. The van der Waals surface area contributed by atoms with Crippen molar-refractivity contribution in [2.45, 2.75) is 25.9 Å². The second-order valence-electron chi connectivity index (χ2n) is 6.79. The van der Waals surface area contributed by atoms with Crippen LogP contribution in [0.4, 0.5) is 4.79 Å². The van der Waals surface area contributed by atoms with Crippen molar-refractivity contribution in [3.8, 4) is 11.5 Å². The quantitative estimate of drug-likeness (QED) is 0.533. The Bertz CT molecular complexity index is 990. The molecule has 31 heavy (non-hydrogen) atoms. The molecule has 1 heterocycles. The van der Waals surface area contributed by atoms with Gasteiger partial charge in [-0.15, -0.1) is 0 Å². The fourth-order valence-electron chi connectivity index (χ4n) is 2.85. The molecule has 0 spiro atoms. The Morgan fingerprint density at radius 2 is 1.81 bits per heavy atom. The number of aliphatic hydroxyl groups is 1. The van der Waals surface area contributed by atoms with E-state index in [-0.39, 0.29) is 19.0 Å². The number of carbonyl (C=O) groups excluding carboxylic acids is 2. The van der Waals surface area contributed by atoms with E-state index in [0.29, 0.717) is 33.5 Å². The summed E-state index contributed by atoms with van der Waals surface area (Å²) in [6.07, 6.45) is 1.37. The monoisotopic (exact) mass is 465 g/mol. The number of benzene rings is 2. The predicted molar refractivity (Wildman–Crippen MR) is 116 cm³/mol. The summed E-state index contributed by atoms with van der Waals surface area (Å²) in [5, 5.41) is 13.2. The molecule has 0 bridgehead atoms. The zero-order chi connectivity index (χ0) is 22.4. The van der Waals surface area contributed by atoms with Crippen LogP contribution in [-0.4, -0.2) is 36.4 Å². The Morgan fingerprint density at radius 1 is 1.10 bits per heavy atom. The lowest BCUT2D eigenvalue weighted by Crippen LogP contribution is -2.25. The number of cyclic esters (lactones) is 1. The van der Waals surface area contributed by atoms with Crippen LogP contribution in [0.5, 0.6) is 11.5 Å². The molecule has 164 valence electrons. The SMILES string of the molecule is CCCc1c(OCC(O)COc2ccc(/C=C3/OC(=O)NC3=O)cc2)ccc(Cl)c1Cl. The second-order valence-corrected chi connectivity index (χ2v) is 7.57. The number of aliphatic hydroxyl groups excluding tert-OH is 1. The van der Waals surface area contributed by atoms with Crippen LogP contribution in [-0.2, 0) is 16.0 Å². The Morgan fingerprint density at radius 3 is 2.45 bits per heavy atom. The summed E-state index contributed by atoms with van der Waals surface area (Å²) in [5.41, 5.74) is 1.47. The van der Waals surface area contributed by atoms with Crippen molar-refractivity contribution < 1.29 is 28.9 Å². The van der Waals surface area contributed by atoms with E-state index in [0.717, 1.165) is 12.0 Å². The van der Waals surface area contributed by atoms with Gasteiger partial charge in [-0.3, -0.25) is 10.1 Å². The molecule has 1 fully saturated rings. The number of rotatable bonds is 9. The van der Waals surface area contributed by atoms with Crippen LogP contribution in [0.1, 0.15) is 24.5 Å². The number of imide groups is 1. The first kappa shape index (κ1) is 22.9. The molecule has 2 amide bonds. The van der Waals surface area contributed by atoms with E-state index in [2.05, 4.69) is 0 Å². The van der Waals surface area contributed by atoms with Crippen molar-refractivity contribution in [3.05, 3.63) is 63.3 Å². The fourth-order valence-corrected chi connectivity index (χ4v) is 3.28. The van der Waals surface area contributed by atoms with Crippen molar-refractivity contribution in [1.29, 1.82) is 0 Å². The van der Waals surface area contributed by atoms with Crippen LogP contribution >= 0.6 is 23.2 Å². The molecule has 9 heteroatoms. The zero-order valence-electron chi connectivity index (χ0n) is 16.7. The minimum Gasteiger partial charge on any atom is -0.491 e. The molecule has 2 aromatic rings. The molecule has 0 saturated carbocycles. The maximum absolute atomic E-state index is 11.5. The fraction of sp³-hybridized carbons (Fsp3) is 0.273. The van der Waals surface area contributed by atoms with Crippen molar-refractivity contribution in [1.82, 2.24) is 5.32 Å². The van der Waals surface area contributed by atoms with E-state index < -0.39 is 18.1 Å². The van der Waals surface area contributed by atoms with Gasteiger partial charge in [-0.05, 0) is 42.3 Å². The Hall–Kier alpha value is -2.74. The lowest BCUT2D eigenvalue weighted by molar-refractivity contribution is -0.116. The van der Waals surface area contributed by atoms with Gasteiger partial charge in [0, 0.05) is 5.56 Å². The average molecular weight is 466 g/mol. The topological polar surface area (TPSA) is 94.1 Å². The van der Waals surface area contributed by atoms with Crippen LogP contribution < -0.4 is 14.8 Å². The number of nitrogens with one attached hydrogen (secondary N) is 1. The molecule has 0 radical (unpaired) electrons. The largest absolute Gasteiger partial charge is 0.491 e. The van der Waals surface area contributed by atoms with Gasteiger partial charge in [0.1, 0.15) is 30.8 Å². The summed E-state index contributed by atoms with van der Waals surface area (Å²) in [7, 11) is 0. The number of hydrogen-bond acceptors (Lipinski definition) is 6. The van der Waals surface area contributed by atoms with Crippen LogP contribution in [0.25, 0.3) is 6.08 Å². The van der Waals surface area contributed by atoms with Crippen molar-refractivity contribution in [3.63, 3.8) is 0 Å². The van der Waals surface area contributed by atoms with Gasteiger partial charge in [0.25, 0.3) is 5.91 Å². The van der Waals surface area contributed by atoms with Gasteiger partial charge in [-0.25, -0.2) is 4.79 Å². The Kier molecular flexibility index (Phi) is 7.79. The summed E-state index contributed by atoms with van der Waals surface area (Å²) in [4.78, 5) is 22.5. The van der Waals surface area contributed by atoms with E-state index in [9.17, 15) is 14.7 Å². The number of hydrogen-bond donors (Lipinski definition) is 2. The summed E-state index contributed by atoms with van der Waals surface area (Å²) in [6, 6.07) is 10.1. The highest BCUT2D eigenvalue weighted by molar-refractivity contribution is 6.42. The van der Waals surface area contributed by atoms with Gasteiger partial charge in [0.2, 0.25) is 0 Å². The maximum atomic E-state index is 11.5. The summed E-state index contributed by atoms with van der Waals surface area (Å²) in [6.45, 7) is 2.07. The van der Waals surface area contributed by atoms with Gasteiger partial charge >= 0.3 is 6.09 Å². The smallest absolute Gasteiger partial charge is 0.419 e. The molecule has 1 atom stereocenters. The molecular weight excluding hydrogens is 445 g/mol. The number of carbonyl (C=O) groups is 2. The summed E-state index contributed by atoms with van der Waals surface area (Å²) in [5.74, 6) is 0.452. The van der Waals surface area contributed by atoms with Crippen LogP contribution in [0.2, 0.25) is 10.0 Å². The highest BCUT2D eigenvalue weighted by Gasteiger charge is 2.25. The molecule has 2 aromatic carbocycles. The first-order chi connectivity index (χ1) is 14.9. The third kappa shape index (κ3) is 6.13. The summed E-state index contributed by atoms with van der Waals surface area (Å²) < 4.78 is 16.1. The Labute approximate surface area is 189 Å². The van der Waals surface area contributed by atoms with Crippen molar-refractivity contribution in [2.75, 3.05) is 13.2 Å². The summed E-state index contributed by atoms with van der Waals surface area (Å²) >= 11 is 12.3. The molecule has 7 nitrogen and oxygen atoms in total. The van der Waals surface area contributed by atoms with Crippen molar-refractivity contribution in [2.24, 2.45) is 0 Å². The van der Waals surface area contributed by atoms with E-state index in [1.54, 1.807) is 36.4 Å². The molecule has 1 aliphatic rings. The molecule has 1 saturated heterocycles. The third-order valence-electron chi connectivity index (χ3n) is 4.35. The van der Waals surface area contributed by atoms with Gasteiger partial charge in [0.15, 0.2) is 5.76 Å². The second kappa shape index (κ2) is 10.5. The minimum atomic E-state index is -0.868. The van der Waals surface area contributed by atoms with Gasteiger partial charge in [-0.2, -0.15) is 0 Å².